The standard InChI is InChI=1S/C16H16ClNO/c1-2-12-6-8-13(9-7-12)11-18-16(19)14-4-3-5-15(17)10-14/h3-10H,2,11H2,1H3,(H,18,19). The van der Waals surface area contributed by atoms with Gasteiger partial charge in [0.15, 0.2) is 0 Å². The lowest BCUT2D eigenvalue weighted by molar-refractivity contribution is 0.0951. The zero-order valence-corrected chi connectivity index (χ0v) is 11.6. The minimum atomic E-state index is -0.109. The Kier molecular flexibility index (Phi) is 4.58. The fourth-order valence-electron chi connectivity index (χ4n) is 1.81. The summed E-state index contributed by atoms with van der Waals surface area (Å²) in [5, 5.41) is 3.45. The molecule has 0 heterocycles. The zero-order chi connectivity index (χ0) is 13.7. The van der Waals surface area contributed by atoms with Crippen LogP contribution in [0.2, 0.25) is 5.02 Å². The second kappa shape index (κ2) is 6.39. The van der Waals surface area contributed by atoms with Gasteiger partial charge in [0.25, 0.3) is 5.91 Å². The molecule has 1 N–H and O–H groups in total. The number of halogens is 1. The molecular weight excluding hydrogens is 258 g/mol. The Hall–Kier alpha value is -1.80. The predicted octanol–water partition coefficient (Wildman–Crippen LogP) is 3.83. The average Bonchev–Trinajstić information content (AvgIpc) is 2.45. The van der Waals surface area contributed by atoms with E-state index in [1.165, 1.54) is 5.56 Å². The Balaban J connectivity index is 1.96. The molecule has 0 aliphatic rings. The van der Waals surface area contributed by atoms with Crippen LogP contribution in [0.15, 0.2) is 48.5 Å². The lowest BCUT2D eigenvalue weighted by Gasteiger charge is -2.06. The third kappa shape index (κ3) is 3.83. The Morgan fingerprint density at radius 3 is 2.42 bits per heavy atom. The summed E-state index contributed by atoms with van der Waals surface area (Å²) >= 11 is 5.86. The van der Waals surface area contributed by atoms with Gasteiger partial charge in [0.2, 0.25) is 0 Å². The van der Waals surface area contributed by atoms with Crippen molar-refractivity contribution in [2.45, 2.75) is 19.9 Å². The molecule has 1 amide bonds. The van der Waals surface area contributed by atoms with Crippen LogP contribution < -0.4 is 5.32 Å². The lowest BCUT2D eigenvalue weighted by atomic mass is 10.1. The van der Waals surface area contributed by atoms with Crippen LogP contribution >= 0.6 is 11.6 Å². The van der Waals surface area contributed by atoms with Crippen molar-refractivity contribution in [3.05, 3.63) is 70.2 Å². The summed E-state index contributed by atoms with van der Waals surface area (Å²) in [6.07, 6.45) is 1.02. The van der Waals surface area contributed by atoms with Gasteiger partial charge in [-0.1, -0.05) is 48.9 Å². The SMILES string of the molecule is CCc1ccc(CNC(=O)c2cccc(Cl)c2)cc1. The van der Waals surface area contributed by atoms with Crippen molar-refractivity contribution in [1.29, 1.82) is 0 Å². The molecule has 2 rings (SSSR count). The fourth-order valence-corrected chi connectivity index (χ4v) is 2.00. The molecule has 19 heavy (non-hydrogen) atoms. The first-order valence-electron chi connectivity index (χ1n) is 6.30. The lowest BCUT2D eigenvalue weighted by Crippen LogP contribution is -2.22. The van der Waals surface area contributed by atoms with E-state index >= 15 is 0 Å². The van der Waals surface area contributed by atoms with E-state index in [-0.39, 0.29) is 5.91 Å². The number of hydrogen-bond donors (Lipinski definition) is 1. The zero-order valence-electron chi connectivity index (χ0n) is 10.8. The molecule has 2 aromatic rings. The molecule has 0 saturated carbocycles. The van der Waals surface area contributed by atoms with E-state index in [9.17, 15) is 4.79 Å². The molecule has 2 aromatic carbocycles. The molecule has 98 valence electrons. The van der Waals surface area contributed by atoms with Crippen LogP contribution in [0.1, 0.15) is 28.4 Å². The quantitative estimate of drug-likeness (QED) is 0.901. The second-order valence-electron chi connectivity index (χ2n) is 4.36. The third-order valence-electron chi connectivity index (χ3n) is 2.97. The molecule has 0 fully saturated rings. The van der Waals surface area contributed by atoms with Crippen molar-refractivity contribution >= 4 is 17.5 Å². The number of carbonyl (C=O) groups excluding carboxylic acids is 1. The molecule has 0 spiro atoms. The van der Waals surface area contributed by atoms with Gasteiger partial charge in [-0.25, -0.2) is 0 Å². The number of nitrogens with one attached hydrogen (secondary N) is 1. The highest BCUT2D eigenvalue weighted by atomic mass is 35.5. The maximum atomic E-state index is 11.9. The number of aryl methyl sites for hydroxylation is 1. The van der Waals surface area contributed by atoms with E-state index in [1.807, 2.05) is 12.1 Å². The number of benzene rings is 2. The molecule has 0 bridgehead atoms. The van der Waals surface area contributed by atoms with E-state index in [2.05, 4.69) is 24.4 Å². The van der Waals surface area contributed by atoms with Gasteiger partial charge in [-0.2, -0.15) is 0 Å². The topological polar surface area (TPSA) is 29.1 Å². The first-order valence-corrected chi connectivity index (χ1v) is 6.68. The number of hydrogen-bond acceptors (Lipinski definition) is 1. The second-order valence-corrected chi connectivity index (χ2v) is 4.80. The smallest absolute Gasteiger partial charge is 0.251 e. The Morgan fingerprint density at radius 1 is 1.11 bits per heavy atom. The Morgan fingerprint density at radius 2 is 1.79 bits per heavy atom. The van der Waals surface area contributed by atoms with Gasteiger partial charge >= 0.3 is 0 Å². The highest BCUT2D eigenvalue weighted by molar-refractivity contribution is 6.30. The largest absolute Gasteiger partial charge is 0.348 e. The fraction of sp³-hybridized carbons (Fsp3) is 0.188. The Labute approximate surface area is 118 Å². The van der Waals surface area contributed by atoms with Gasteiger partial charge in [0.05, 0.1) is 0 Å². The number of amides is 1. The van der Waals surface area contributed by atoms with Gasteiger partial charge in [0, 0.05) is 17.1 Å². The summed E-state index contributed by atoms with van der Waals surface area (Å²) in [5.74, 6) is -0.109. The van der Waals surface area contributed by atoms with Crippen LogP contribution in [0, 0.1) is 0 Å². The first kappa shape index (κ1) is 13.6. The molecular formula is C16H16ClNO. The van der Waals surface area contributed by atoms with Gasteiger partial charge < -0.3 is 5.32 Å². The summed E-state index contributed by atoms with van der Waals surface area (Å²) in [4.78, 5) is 11.9. The maximum absolute atomic E-state index is 11.9. The van der Waals surface area contributed by atoms with E-state index in [1.54, 1.807) is 24.3 Å². The maximum Gasteiger partial charge on any atom is 0.251 e. The number of carbonyl (C=O) groups is 1. The molecule has 0 aliphatic carbocycles. The first-order chi connectivity index (χ1) is 9.19. The predicted molar refractivity (Wildman–Crippen MR) is 78.4 cm³/mol. The molecule has 0 radical (unpaired) electrons. The average molecular weight is 274 g/mol. The molecule has 0 aromatic heterocycles. The van der Waals surface area contributed by atoms with Crippen molar-refractivity contribution in [1.82, 2.24) is 5.32 Å². The normalized spacial score (nSPS) is 10.2. The van der Waals surface area contributed by atoms with E-state index in [0.717, 1.165) is 12.0 Å². The number of rotatable bonds is 4. The minimum Gasteiger partial charge on any atom is -0.348 e. The van der Waals surface area contributed by atoms with Gasteiger partial charge in [-0.15, -0.1) is 0 Å². The summed E-state index contributed by atoms with van der Waals surface area (Å²) < 4.78 is 0. The van der Waals surface area contributed by atoms with E-state index < -0.39 is 0 Å². The van der Waals surface area contributed by atoms with Crippen molar-refractivity contribution in [2.24, 2.45) is 0 Å². The monoisotopic (exact) mass is 273 g/mol. The van der Waals surface area contributed by atoms with E-state index in [0.29, 0.717) is 17.1 Å². The molecule has 0 atom stereocenters. The van der Waals surface area contributed by atoms with Crippen LogP contribution in [0.5, 0.6) is 0 Å². The van der Waals surface area contributed by atoms with Gasteiger partial charge in [-0.05, 0) is 35.7 Å². The molecule has 0 saturated heterocycles. The van der Waals surface area contributed by atoms with Crippen LogP contribution in [0.4, 0.5) is 0 Å². The van der Waals surface area contributed by atoms with E-state index in [4.69, 9.17) is 11.6 Å². The van der Waals surface area contributed by atoms with Crippen LogP contribution in [-0.4, -0.2) is 5.91 Å². The molecule has 0 aliphatic heterocycles. The van der Waals surface area contributed by atoms with Crippen LogP contribution in [-0.2, 0) is 13.0 Å². The molecule has 2 nitrogen and oxygen atoms in total. The van der Waals surface area contributed by atoms with Crippen molar-refractivity contribution in [3.63, 3.8) is 0 Å². The van der Waals surface area contributed by atoms with Crippen molar-refractivity contribution in [2.75, 3.05) is 0 Å². The Bertz CT molecular complexity index is 563. The van der Waals surface area contributed by atoms with Crippen LogP contribution in [0.3, 0.4) is 0 Å². The highest BCUT2D eigenvalue weighted by Crippen LogP contribution is 2.11. The van der Waals surface area contributed by atoms with Crippen LogP contribution in [0.25, 0.3) is 0 Å². The van der Waals surface area contributed by atoms with Crippen molar-refractivity contribution in [3.8, 4) is 0 Å². The molecule has 0 unspecified atom stereocenters. The van der Waals surface area contributed by atoms with Crippen molar-refractivity contribution < 1.29 is 4.79 Å². The summed E-state index contributed by atoms with van der Waals surface area (Å²) in [6, 6.07) is 15.2. The summed E-state index contributed by atoms with van der Waals surface area (Å²) in [7, 11) is 0. The highest BCUT2D eigenvalue weighted by Gasteiger charge is 2.05. The summed E-state index contributed by atoms with van der Waals surface area (Å²) in [6.45, 7) is 2.64. The van der Waals surface area contributed by atoms with Gasteiger partial charge in [-0.3, -0.25) is 4.79 Å². The minimum absolute atomic E-state index is 0.109. The summed E-state index contributed by atoms with van der Waals surface area (Å²) in [5.41, 5.74) is 2.97. The molecule has 3 heteroatoms. The third-order valence-corrected chi connectivity index (χ3v) is 3.21. The van der Waals surface area contributed by atoms with Gasteiger partial charge in [0.1, 0.15) is 0 Å².